The number of amides is 1. The fourth-order valence-corrected chi connectivity index (χ4v) is 3.86. The van der Waals surface area contributed by atoms with Crippen molar-refractivity contribution in [1.29, 1.82) is 0 Å². The summed E-state index contributed by atoms with van der Waals surface area (Å²) >= 11 is 0. The van der Waals surface area contributed by atoms with Gasteiger partial charge < -0.3 is 9.32 Å². The minimum absolute atomic E-state index is 0.139. The third-order valence-corrected chi connectivity index (χ3v) is 5.14. The molecule has 2 aliphatic rings. The van der Waals surface area contributed by atoms with Crippen LogP contribution in [0.3, 0.4) is 0 Å². The third kappa shape index (κ3) is 2.43. The second kappa shape index (κ2) is 5.44. The van der Waals surface area contributed by atoms with Gasteiger partial charge in [0, 0.05) is 31.5 Å². The largest absolute Gasteiger partial charge is 0.459 e. The Kier molecular flexibility index (Phi) is 3.45. The number of hydrogen-bond acceptors (Lipinski definition) is 5. The molecule has 2 aliphatic heterocycles. The Balaban J connectivity index is 1.62. The molecule has 0 aliphatic carbocycles. The van der Waals surface area contributed by atoms with Gasteiger partial charge in [-0.3, -0.25) is 19.0 Å². The molecular weight excluding hydrogens is 324 g/mol. The molecule has 0 unspecified atom stereocenters. The minimum Gasteiger partial charge on any atom is -0.459 e. The predicted octanol–water partition coefficient (Wildman–Crippen LogP) is 0.667. The van der Waals surface area contributed by atoms with E-state index in [0.717, 1.165) is 6.42 Å². The van der Waals surface area contributed by atoms with Crippen molar-refractivity contribution in [3.63, 3.8) is 0 Å². The van der Waals surface area contributed by atoms with Crippen LogP contribution in [-0.2, 0) is 13.0 Å². The summed E-state index contributed by atoms with van der Waals surface area (Å²) in [6.07, 6.45) is 2.85. The van der Waals surface area contributed by atoms with E-state index in [1.165, 1.54) is 15.5 Å². The number of rotatable bonds is 2. The summed E-state index contributed by atoms with van der Waals surface area (Å²) in [5.74, 6) is 0.813. The Morgan fingerprint density at radius 1 is 1.28 bits per heavy atom. The van der Waals surface area contributed by atoms with Crippen LogP contribution in [-0.4, -0.2) is 38.2 Å². The van der Waals surface area contributed by atoms with Gasteiger partial charge in [0.2, 0.25) is 0 Å². The zero-order valence-corrected chi connectivity index (χ0v) is 14.3. The molecule has 4 heterocycles. The average Bonchev–Trinajstić information content (AvgIpc) is 3.30. The van der Waals surface area contributed by atoms with Crippen LogP contribution in [0.15, 0.2) is 32.4 Å². The van der Waals surface area contributed by atoms with E-state index >= 15 is 0 Å². The third-order valence-electron chi connectivity index (χ3n) is 5.14. The molecule has 0 N–H and O–H groups in total. The van der Waals surface area contributed by atoms with Crippen LogP contribution in [0.5, 0.6) is 0 Å². The smallest absolute Gasteiger partial charge is 0.332 e. The molecule has 1 saturated heterocycles. The maximum atomic E-state index is 12.5. The van der Waals surface area contributed by atoms with Crippen LogP contribution in [0.1, 0.15) is 42.7 Å². The highest BCUT2D eigenvalue weighted by molar-refractivity contribution is 5.91. The second-order valence-corrected chi connectivity index (χ2v) is 7.28. The van der Waals surface area contributed by atoms with Crippen molar-refractivity contribution in [2.45, 2.75) is 39.3 Å². The molecule has 0 saturated carbocycles. The highest BCUT2D eigenvalue weighted by Crippen LogP contribution is 2.39. The number of hydrogen-bond donors (Lipinski definition) is 0. The number of furan rings is 1. The monoisotopic (exact) mass is 344 g/mol. The van der Waals surface area contributed by atoms with E-state index in [1.54, 1.807) is 17.0 Å². The highest BCUT2D eigenvalue weighted by atomic mass is 16.3. The molecule has 1 atom stereocenters. The molecule has 0 aromatic carbocycles. The fourth-order valence-electron chi connectivity index (χ4n) is 3.86. The molecule has 132 valence electrons. The summed E-state index contributed by atoms with van der Waals surface area (Å²) < 4.78 is 7.94. The number of carbonyl (C=O) groups is 1. The fraction of sp³-hybridized carbons (Fsp3) is 0.529. The molecular formula is C17H20N4O4. The van der Waals surface area contributed by atoms with Crippen LogP contribution < -0.4 is 11.1 Å². The highest BCUT2D eigenvalue weighted by Gasteiger charge is 2.46. The van der Waals surface area contributed by atoms with E-state index in [-0.39, 0.29) is 17.4 Å². The molecule has 4 rings (SSSR count). The summed E-state index contributed by atoms with van der Waals surface area (Å²) in [4.78, 5) is 38.8. The van der Waals surface area contributed by atoms with Crippen molar-refractivity contribution in [1.82, 2.24) is 19.2 Å². The Bertz CT molecular complexity index is 941. The van der Waals surface area contributed by atoms with Crippen molar-refractivity contribution >= 4 is 5.91 Å². The van der Waals surface area contributed by atoms with Gasteiger partial charge in [-0.05, 0) is 32.4 Å². The molecule has 1 spiro atoms. The Morgan fingerprint density at radius 3 is 2.76 bits per heavy atom. The van der Waals surface area contributed by atoms with Crippen molar-refractivity contribution in [2.24, 2.45) is 5.41 Å². The lowest BCUT2D eigenvalue weighted by atomic mass is 9.86. The van der Waals surface area contributed by atoms with Crippen LogP contribution in [0.4, 0.5) is 0 Å². The van der Waals surface area contributed by atoms with Gasteiger partial charge in [-0.2, -0.15) is 5.10 Å². The van der Waals surface area contributed by atoms with Crippen LogP contribution >= 0.6 is 0 Å². The first-order valence-corrected chi connectivity index (χ1v) is 8.45. The molecule has 1 fully saturated rings. The van der Waals surface area contributed by atoms with Crippen LogP contribution in [0.25, 0.3) is 0 Å². The van der Waals surface area contributed by atoms with Crippen molar-refractivity contribution in [3.8, 4) is 0 Å². The number of fused-ring (bicyclic) bond motifs is 1. The lowest BCUT2D eigenvalue weighted by Crippen LogP contribution is -2.44. The first-order chi connectivity index (χ1) is 11.9. The van der Waals surface area contributed by atoms with Gasteiger partial charge in [0.15, 0.2) is 5.76 Å². The molecule has 0 bridgehead atoms. The van der Waals surface area contributed by atoms with E-state index in [4.69, 9.17) is 4.42 Å². The molecule has 8 nitrogen and oxygen atoms in total. The van der Waals surface area contributed by atoms with Crippen LogP contribution in [0, 0.1) is 5.41 Å². The minimum atomic E-state index is -0.586. The average molecular weight is 344 g/mol. The maximum absolute atomic E-state index is 12.5. The summed E-state index contributed by atoms with van der Waals surface area (Å²) in [6.45, 7) is 5.23. The first kappa shape index (κ1) is 15.9. The lowest BCUT2D eigenvalue weighted by molar-refractivity contribution is 0.0740. The Morgan fingerprint density at radius 2 is 2.08 bits per heavy atom. The quantitative estimate of drug-likeness (QED) is 0.747. The first-order valence-electron chi connectivity index (χ1n) is 8.45. The standard InChI is InChI=1S/C17H20N4O4/c1-11(2)21-16(24)15(23)20-10-17(8-13(20)18-21)5-6-19(9-17)14(22)12-4-3-7-25-12/h3-4,7,11H,5-6,8-10H2,1-2H3/t17-/m0/s1. The van der Waals surface area contributed by atoms with Gasteiger partial charge in [0.25, 0.3) is 5.91 Å². The number of carbonyl (C=O) groups excluding carboxylic acids is 1. The molecule has 0 radical (unpaired) electrons. The van der Waals surface area contributed by atoms with E-state index in [1.807, 2.05) is 13.8 Å². The Hall–Kier alpha value is -2.64. The van der Waals surface area contributed by atoms with E-state index in [0.29, 0.717) is 37.6 Å². The number of nitrogens with zero attached hydrogens (tertiary/aromatic N) is 4. The molecule has 25 heavy (non-hydrogen) atoms. The Labute approximate surface area is 143 Å². The van der Waals surface area contributed by atoms with E-state index in [9.17, 15) is 14.4 Å². The summed E-state index contributed by atoms with van der Waals surface area (Å²) in [7, 11) is 0. The summed E-state index contributed by atoms with van der Waals surface area (Å²) in [5, 5.41) is 4.40. The van der Waals surface area contributed by atoms with Gasteiger partial charge in [-0.15, -0.1) is 0 Å². The normalized spacial score (nSPS) is 22.1. The molecule has 2 aromatic rings. The van der Waals surface area contributed by atoms with Gasteiger partial charge in [0.1, 0.15) is 5.82 Å². The molecule has 8 heteroatoms. The summed E-state index contributed by atoms with van der Waals surface area (Å²) in [6, 6.07) is 3.18. The van der Waals surface area contributed by atoms with Crippen molar-refractivity contribution in [2.75, 3.05) is 13.1 Å². The maximum Gasteiger partial charge on any atom is 0.332 e. The lowest BCUT2D eigenvalue weighted by Gasteiger charge is -2.22. The van der Waals surface area contributed by atoms with Gasteiger partial charge in [-0.25, -0.2) is 4.68 Å². The second-order valence-electron chi connectivity index (χ2n) is 7.28. The summed E-state index contributed by atoms with van der Waals surface area (Å²) in [5.41, 5.74) is -1.34. The number of aromatic nitrogens is 3. The zero-order valence-electron chi connectivity index (χ0n) is 14.3. The zero-order chi connectivity index (χ0) is 17.8. The van der Waals surface area contributed by atoms with E-state index < -0.39 is 11.1 Å². The van der Waals surface area contributed by atoms with Gasteiger partial charge in [-0.1, -0.05) is 0 Å². The SMILES string of the molecule is CC(C)n1nc2n(c(=O)c1=O)C[C@@]1(CCN(C(=O)c3ccco3)C1)C2. The molecule has 1 amide bonds. The van der Waals surface area contributed by atoms with Gasteiger partial charge in [0.05, 0.1) is 12.3 Å². The van der Waals surface area contributed by atoms with Crippen molar-refractivity contribution in [3.05, 3.63) is 50.7 Å². The molecule has 2 aromatic heterocycles. The van der Waals surface area contributed by atoms with Crippen molar-refractivity contribution < 1.29 is 9.21 Å². The van der Waals surface area contributed by atoms with Gasteiger partial charge >= 0.3 is 11.1 Å². The predicted molar refractivity (Wildman–Crippen MR) is 88.5 cm³/mol. The topological polar surface area (TPSA) is 90.3 Å². The van der Waals surface area contributed by atoms with E-state index in [2.05, 4.69) is 5.10 Å². The number of likely N-dealkylation sites (tertiary alicyclic amines) is 1. The van der Waals surface area contributed by atoms with Crippen LogP contribution in [0.2, 0.25) is 0 Å².